The summed E-state index contributed by atoms with van der Waals surface area (Å²) in [6.07, 6.45) is 3.02. The standard InChI is InChI=1S/C9H10N4O/c1-7-2-8(4-14)3-9(12-7)13-6-10-5-11-13/h2-3,5-6,14H,4H2,1H3. The normalized spacial score (nSPS) is 10.4. The van der Waals surface area contributed by atoms with Gasteiger partial charge in [-0.1, -0.05) is 0 Å². The molecule has 0 aliphatic rings. The Morgan fingerprint density at radius 1 is 1.43 bits per heavy atom. The Hall–Kier alpha value is -1.75. The Balaban J connectivity index is 2.48. The molecule has 0 radical (unpaired) electrons. The molecule has 2 aromatic heterocycles. The molecule has 0 aliphatic carbocycles. The van der Waals surface area contributed by atoms with Crippen molar-refractivity contribution >= 4 is 0 Å². The number of aromatic nitrogens is 4. The van der Waals surface area contributed by atoms with Crippen molar-refractivity contribution in [2.75, 3.05) is 0 Å². The van der Waals surface area contributed by atoms with Gasteiger partial charge in [0.15, 0.2) is 5.82 Å². The fourth-order valence-electron chi connectivity index (χ4n) is 1.26. The zero-order valence-corrected chi connectivity index (χ0v) is 7.75. The topological polar surface area (TPSA) is 63.8 Å². The van der Waals surface area contributed by atoms with Crippen molar-refractivity contribution in [3.05, 3.63) is 36.0 Å². The van der Waals surface area contributed by atoms with Crippen LogP contribution in [0, 0.1) is 6.92 Å². The smallest absolute Gasteiger partial charge is 0.155 e. The molecule has 14 heavy (non-hydrogen) atoms. The van der Waals surface area contributed by atoms with Gasteiger partial charge in [0.05, 0.1) is 6.61 Å². The Labute approximate surface area is 81.1 Å². The third-order valence-corrected chi connectivity index (χ3v) is 1.84. The number of aliphatic hydroxyl groups is 1. The van der Waals surface area contributed by atoms with Crippen molar-refractivity contribution in [3.8, 4) is 5.82 Å². The van der Waals surface area contributed by atoms with E-state index in [1.807, 2.05) is 13.0 Å². The third kappa shape index (κ3) is 1.62. The summed E-state index contributed by atoms with van der Waals surface area (Å²) >= 11 is 0. The number of hydrogen-bond donors (Lipinski definition) is 1. The van der Waals surface area contributed by atoms with E-state index >= 15 is 0 Å². The Kier molecular flexibility index (Phi) is 2.24. The second kappa shape index (κ2) is 3.55. The van der Waals surface area contributed by atoms with E-state index in [1.165, 1.54) is 6.33 Å². The lowest BCUT2D eigenvalue weighted by atomic mass is 10.2. The van der Waals surface area contributed by atoms with E-state index in [4.69, 9.17) is 5.11 Å². The molecule has 0 unspecified atom stereocenters. The SMILES string of the molecule is Cc1cc(CO)cc(-n2cncn2)n1. The second-order valence-corrected chi connectivity index (χ2v) is 2.97. The van der Waals surface area contributed by atoms with Gasteiger partial charge in [0.1, 0.15) is 12.7 Å². The van der Waals surface area contributed by atoms with Crippen molar-refractivity contribution < 1.29 is 5.11 Å². The summed E-state index contributed by atoms with van der Waals surface area (Å²) in [5.41, 5.74) is 1.67. The van der Waals surface area contributed by atoms with Crippen molar-refractivity contribution in [2.24, 2.45) is 0 Å². The number of aryl methyl sites for hydroxylation is 1. The molecule has 2 heterocycles. The number of rotatable bonds is 2. The predicted molar refractivity (Wildman–Crippen MR) is 49.8 cm³/mol. The van der Waals surface area contributed by atoms with Crippen LogP contribution in [-0.2, 0) is 6.61 Å². The Morgan fingerprint density at radius 3 is 2.93 bits per heavy atom. The first kappa shape index (κ1) is 8.83. The van der Waals surface area contributed by atoms with Gasteiger partial charge >= 0.3 is 0 Å². The summed E-state index contributed by atoms with van der Waals surface area (Å²) in [5, 5.41) is 13.0. The van der Waals surface area contributed by atoms with Gasteiger partial charge in [0, 0.05) is 5.69 Å². The van der Waals surface area contributed by atoms with Crippen LogP contribution in [-0.4, -0.2) is 24.9 Å². The van der Waals surface area contributed by atoms with E-state index in [-0.39, 0.29) is 6.61 Å². The average Bonchev–Trinajstić information content (AvgIpc) is 2.69. The van der Waals surface area contributed by atoms with Crippen molar-refractivity contribution in [3.63, 3.8) is 0 Å². The molecule has 0 aliphatic heterocycles. The van der Waals surface area contributed by atoms with E-state index in [9.17, 15) is 0 Å². The first-order chi connectivity index (χ1) is 6.79. The number of aliphatic hydroxyl groups excluding tert-OH is 1. The van der Waals surface area contributed by atoms with Crippen LogP contribution in [0.4, 0.5) is 0 Å². The molecule has 0 amide bonds. The predicted octanol–water partition coefficient (Wildman–Crippen LogP) is 0.463. The van der Waals surface area contributed by atoms with Crippen LogP contribution < -0.4 is 0 Å². The van der Waals surface area contributed by atoms with Crippen LogP contribution in [0.2, 0.25) is 0 Å². The average molecular weight is 190 g/mol. The van der Waals surface area contributed by atoms with Gasteiger partial charge in [-0.15, -0.1) is 0 Å². The highest BCUT2D eigenvalue weighted by molar-refractivity contribution is 5.29. The summed E-state index contributed by atoms with van der Waals surface area (Å²) in [7, 11) is 0. The highest BCUT2D eigenvalue weighted by Gasteiger charge is 2.01. The van der Waals surface area contributed by atoms with E-state index in [0.717, 1.165) is 11.3 Å². The van der Waals surface area contributed by atoms with E-state index in [1.54, 1.807) is 17.1 Å². The van der Waals surface area contributed by atoms with Gasteiger partial charge in [-0.05, 0) is 24.6 Å². The van der Waals surface area contributed by atoms with Gasteiger partial charge in [-0.3, -0.25) is 0 Å². The molecule has 5 nitrogen and oxygen atoms in total. The van der Waals surface area contributed by atoms with Crippen LogP contribution in [0.3, 0.4) is 0 Å². The minimum absolute atomic E-state index is 0.00502. The monoisotopic (exact) mass is 190 g/mol. The molecule has 0 bridgehead atoms. The Morgan fingerprint density at radius 2 is 2.29 bits per heavy atom. The minimum Gasteiger partial charge on any atom is -0.392 e. The molecule has 2 aromatic rings. The van der Waals surface area contributed by atoms with Crippen LogP contribution in [0.1, 0.15) is 11.3 Å². The van der Waals surface area contributed by atoms with Gasteiger partial charge in [-0.2, -0.15) is 5.10 Å². The fourth-order valence-corrected chi connectivity index (χ4v) is 1.26. The maximum Gasteiger partial charge on any atom is 0.155 e. The van der Waals surface area contributed by atoms with Crippen LogP contribution in [0.25, 0.3) is 5.82 Å². The van der Waals surface area contributed by atoms with E-state index in [0.29, 0.717) is 5.82 Å². The molecule has 0 atom stereocenters. The third-order valence-electron chi connectivity index (χ3n) is 1.84. The molecule has 0 spiro atoms. The van der Waals surface area contributed by atoms with Gasteiger partial charge in [0.25, 0.3) is 0 Å². The summed E-state index contributed by atoms with van der Waals surface area (Å²) < 4.78 is 1.56. The number of hydrogen-bond acceptors (Lipinski definition) is 4. The zero-order valence-electron chi connectivity index (χ0n) is 7.75. The fraction of sp³-hybridized carbons (Fsp3) is 0.222. The summed E-state index contributed by atoms with van der Waals surface area (Å²) in [4.78, 5) is 8.11. The molecule has 2 rings (SSSR count). The summed E-state index contributed by atoms with van der Waals surface area (Å²) in [5.74, 6) is 0.673. The second-order valence-electron chi connectivity index (χ2n) is 2.97. The lowest BCUT2D eigenvalue weighted by molar-refractivity contribution is 0.281. The maximum atomic E-state index is 9.01. The highest BCUT2D eigenvalue weighted by Crippen LogP contribution is 2.08. The van der Waals surface area contributed by atoms with Gasteiger partial charge in [-0.25, -0.2) is 14.6 Å². The molecule has 1 N–H and O–H groups in total. The lowest BCUT2D eigenvalue weighted by Crippen LogP contribution is -2.01. The highest BCUT2D eigenvalue weighted by atomic mass is 16.3. The molecule has 0 saturated heterocycles. The molecule has 0 fully saturated rings. The largest absolute Gasteiger partial charge is 0.392 e. The molecule has 0 aromatic carbocycles. The molecule has 72 valence electrons. The van der Waals surface area contributed by atoms with Gasteiger partial charge in [0.2, 0.25) is 0 Å². The van der Waals surface area contributed by atoms with Gasteiger partial charge < -0.3 is 5.11 Å². The molecule has 0 saturated carbocycles. The Bertz CT molecular complexity index is 424. The summed E-state index contributed by atoms with van der Waals surface area (Å²) in [6.45, 7) is 1.88. The zero-order chi connectivity index (χ0) is 9.97. The van der Waals surface area contributed by atoms with Crippen molar-refractivity contribution in [1.82, 2.24) is 19.7 Å². The molecular formula is C9H10N4O. The lowest BCUT2D eigenvalue weighted by Gasteiger charge is -2.03. The van der Waals surface area contributed by atoms with Crippen LogP contribution in [0.5, 0.6) is 0 Å². The number of nitrogens with zero attached hydrogens (tertiary/aromatic N) is 4. The first-order valence-corrected chi connectivity index (χ1v) is 4.23. The molecule has 5 heteroatoms. The van der Waals surface area contributed by atoms with E-state index < -0.39 is 0 Å². The minimum atomic E-state index is 0.00502. The summed E-state index contributed by atoms with van der Waals surface area (Å²) in [6, 6.07) is 3.61. The van der Waals surface area contributed by atoms with Crippen molar-refractivity contribution in [2.45, 2.75) is 13.5 Å². The molecular weight excluding hydrogens is 180 g/mol. The maximum absolute atomic E-state index is 9.01. The first-order valence-electron chi connectivity index (χ1n) is 4.23. The van der Waals surface area contributed by atoms with Crippen LogP contribution >= 0.6 is 0 Å². The number of pyridine rings is 1. The van der Waals surface area contributed by atoms with Crippen molar-refractivity contribution in [1.29, 1.82) is 0 Å². The quantitative estimate of drug-likeness (QED) is 0.747. The van der Waals surface area contributed by atoms with E-state index in [2.05, 4.69) is 15.1 Å². The van der Waals surface area contributed by atoms with Crippen LogP contribution in [0.15, 0.2) is 24.8 Å².